The van der Waals surface area contributed by atoms with Crippen LogP contribution in [0.4, 0.5) is 0 Å². The summed E-state index contributed by atoms with van der Waals surface area (Å²) in [6.45, 7) is 5.40. The van der Waals surface area contributed by atoms with Crippen molar-refractivity contribution in [1.29, 1.82) is 0 Å². The Balaban J connectivity index is 3.08. The van der Waals surface area contributed by atoms with Gasteiger partial charge in [-0.25, -0.2) is 0 Å². The molecule has 50 valence electrons. The average molecular weight is 132 g/mol. The zero-order chi connectivity index (χ0) is 7.40. The molecule has 0 bridgehead atoms. The molecule has 1 aromatic carbocycles. The van der Waals surface area contributed by atoms with Crippen molar-refractivity contribution in [2.75, 3.05) is 0 Å². The van der Waals surface area contributed by atoms with Crippen molar-refractivity contribution in [2.45, 2.75) is 6.92 Å². The van der Waals surface area contributed by atoms with Crippen molar-refractivity contribution < 1.29 is 0 Å². The van der Waals surface area contributed by atoms with Crippen LogP contribution >= 0.6 is 0 Å². The topological polar surface area (TPSA) is 14.1 Å². The molecule has 0 amide bonds. The van der Waals surface area contributed by atoms with Crippen LogP contribution in [0, 0.1) is 0 Å². The summed E-state index contributed by atoms with van der Waals surface area (Å²) in [5.74, 6) is 0. The summed E-state index contributed by atoms with van der Waals surface area (Å²) in [5, 5.41) is 0. The first-order valence-corrected chi connectivity index (χ1v) is 3.20. The van der Waals surface area contributed by atoms with Gasteiger partial charge in [0.15, 0.2) is 0 Å². The minimum Gasteiger partial charge on any atom is -0.105 e. The van der Waals surface area contributed by atoms with Crippen molar-refractivity contribution in [2.24, 2.45) is 0 Å². The minimum atomic E-state index is 0.973. The maximum atomic E-state index is 3.83. The molecule has 0 heterocycles. The smallest absolute Gasteiger partial charge is 0.105 e. The lowest BCUT2D eigenvalue weighted by Crippen LogP contribution is -1.95. The van der Waals surface area contributed by atoms with E-state index in [2.05, 4.69) is 11.4 Å². The first kappa shape index (κ1) is 6.79. The Hall–Kier alpha value is -1.33. The molecule has 0 radical (unpaired) electrons. The highest BCUT2D eigenvalue weighted by atomic mass is 14.5. The molecule has 1 nitrogen and oxygen atoms in total. The van der Waals surface area contributed by atoms with E-state index in [1.165, 1.54) is 0 Å². The normalized spacial score (nSPS) is 8.50. The van der Waals surface area contributed by atoms with Gasteiger partial charge in [0.1, 0.15) is 0 Å². The third-order valence-electron chi connectivity index (χ3n) is 1.43. The van der Waals surface area contributed by atoms with Gasteiger partial charge in [-0.15, -0.1) is 4.67 Å². The zero-order valence-corrected chi connectivity index (χ0v) is 6.04. The molecule has 0 spiro atoms. The highest BCUT2D eigenvalue weighted by Crippen LogP contribution is 1.96. The van der Waals surface area contributed by atoms with Crippen LogP contribution in [0.25, 0.3) is 0 Å². The van der Waals surface area contributed by atoms with E-state index in [4.69, 9.17) is 0 Å². The minimum absolute atomic E-state index is 0.973. The van der Waals surface area contributed by atoms with Crippen LogP contribution < -0.4 is 4.67 Å². The van der Waals surface area contributed by atoms with E-state index in [1.807, 2.05) is 37.3 Å². The monoisotopic (exact) mass is 132 g/mol. The highest BCUT2D eigenvalue weighted by Gasteiger charge is 2.01. The second-order valence-corrected chi connectivity index (χ2v) is 2.11. The van der Waals surface area contributed by atoms with Gasteiger partial charge in [0.2, 0.25) is 0 Å². The second-order valence-electron chi connectivity index (χ2n) is 2.11. The van der Waals surface area contributed by atoms with Crippen molar-refractivity contribution in [3.8, 4) is 0 Å². The van der Waals surface area contributed by atoms with Crippen molar-refractivity contribution >= 4 is 12.4 Å². The van der Waals surface area contributed by atoms with E-state index < -0.39 is 0 Å². The Morgan fingerprint density at radius 2 is 1.90 bits per heavy atom. The number of hydrogen-bond donors (Lipinski definition) is 0. The molecule has 0 saturated heterocycles. The van der Waals surface area contributed by atoms with Gasteiger partial charge in [-0.3, -0.25) is 0 Å². The molecule has 0 atom stereocenters. The van der Waals surface area contributed by atoms with Crippen molar-refractivity contribution in [1.82, 2.24) is 4.67 Å². The highest BCUT2D eigenvalue weighted by molar-refractivity contribution is 5.98. The molecule has 0 saturated carbocycles. The Labute approximate surface area is 60.8 Å². The molecule has 0 fully saturated rings. The fourth-order valence-electron chi connectivity index (χ4n) is 0.771. The van der Waals surface area contributed by atoms with E-state index >= 15 is 0 Å². The van der Waals surface area contributed by atoms with E-state index in [0.29, 0.717) is 0 Å². The molecule has 0 unspecified atom stereocenters. The molecule has 0 aliphatic heterocycles. The van der Waals surface area contributed by atoms with E-state index in [0.717, 1.165) is 11.3 Å². The number of nitrogens with zero attached hydrogens (tertiary/aromatic N) is 1. The summed E-state index contributed by atoms with van der Waals surface area (Å²) in [6.07, 6.45) is 0. The molecule has 1 heteroatoms. The van der Waals surface area contributed by atoms with Crippen LogP contribution in [-0.2, 0) is 0 Å². The predicted molar refractivity (Wildman–Crippen MR) is 45.5 cm³/mol. The SMILES string of the molecule is C=[N+]=C(C)c1ccccc1. The van der Waals surface area contributed by atoms with Gasteiger partial charge in [0, 0.05) is 6.92 Å². The summed E-state index contributed by atoms with van der Waals surface area (Å²) >= 11 is 0. The predicted octanol–water partition coefficient (Wildman–Crippen LogP) is 1.26. The molecular formula is C9H10N+. The molecule has 0 aliphatic rings. The Kier molecular flexibility index (Phi) is 2.03. The van der Waals surface area contributed by atoms with Crippen LogP contribution in [0.1, 0.15) is 12.5 Å². The Bertz CT molecular complexity index is 255. The molecule has 10 heavy (non-hydrogen) atoms. The third-order valence-corrected chi connectivity index (χ3v) is 1.43. The van der Waals surface area contributed by atoms with E-state index in [1.54, 1.807) is 0 Å². The van der Waals surface area contributed by atoms with Crippen LogP contribution in [0.5, 0.6) is 0 Å². The quantitative estimate of drug-likeness (QED) is 0.403. The Morgan fingerprint density at radius 1 is 1.30 bits per heavy atom. The lowest BCUT2D eigenvalue weighted by molar-refractivity contribution is 1.56. The summed E-state index contributed by atoms with van der Waals surface area (Å²) in [4.78, 5) is 0. The van der Waals surface area contributed by atoms with Gasteiger partial charge < -0.3 is 0 Å². The second kappa shape index (κ2) is 3.00. The average Bonchev–Trinajstić information content (AvgIpc) is 2.05. The fourth-order valence-corrected chi connectivity index (χ4v) is 0.771. The van der Waals surface area contributed by atoms with Gasteiger partial charge in [-0.05, 0) is 12.1 Å². The van der Waals surface area contributed by atoms with Crippen LogP contribution in [0.2, 0.25) is 0 Å². The number of hydrogen-bond acceptors (Lipinski definition) is 0. The molecule has 1 rings (SSSR count). The van der Waals surface area contributed by atoms with Gasteiger partial charge in [-0.1, -0.05) is 18.2 Å². The standard InChI is InChI=1S/C9H10N/c1-8(10-2)9-6-4-3-5-7-9/h3-7H,2H2,1H3/q+1. The van der Waals surface area contributed by atoms with Crippen molar-refractivity contribution in [3.05, 3.63) is 35.9 Å². The van der Waals surface area contributed by atoms with Gasteiger partial charge in [0.05, 0.1) is 5.56 Å². The fraction of sp³-hybridized carbons (Fsp3) is 0.111. The van der Waals surface area contributed by atoms with E-state index in [-0.39, 0.29) is 0 Å². The summed E-state index contributed by atoms with van der Waals surface area (Å²) < 4.78 is 3.83. The number of benzene rings is 1. The summed E-state index contributed by atoms with van der Waals surface area (Å²) in [7, 11) is 0. The first-order chi connectivity index (χ1) is 4.84. The lowest BCUT2D eigenvalue weighted by atomic mass is 10.1. The summed E-state index contributed by atoms with van der Waals surface area (Å²) in [5.41, 5.74) is 2.11. The third kappa shape index (κ3) is 1.34. The molecule has 0 aliphatic carbocycles. The number of rotatable bonds is 1. The molecular weight excluding hydrogens is 122 g/mol. The first-order valence-electron chi connectivity index (χ1n) is 3.20. The van der Waals surface area contributed by atoms with Gasteiger partial charge in [-0.2, -0.15) is 0 Å². The molecule has 0 N–H and O–H groups in total. The van der Waals surface area contributed by atoms with Crippen molar-refractivity contribution in [3.63, 3.8) is 0 Å². The van der Waals surface area contributed by atoms with E-state index in [9.17, 15) is 0 Å². The van der Waals surface area contributed by atoms with Crippen LogP contribution in [-0.4, -0.2) is 12.4 Å². The summed E-state index contributed by atoms with van der Waals surface area (Å²) in [6, 6.07) is 10.0. The zero-order valence-electron chi connectivity index (χ0n) is 6.04. The lowest BCUT2D eigenvalue weighted by Gasteiger charge is -1.85. The maximum absolute atomic E-state index is 3.83. The van der Waals surface area contributed by atoms with Crippen LogP contribution in [0.15, 0.2) is 30.3 Å². The molecule has 1 aromatic rings. The maximum Gasteiger partial charge on any atom is 0.307 e. The van der Waals surface area contributed by atoms with Crippen LogP contribution in [0.3, 0.4) is 0 Å². The van der Waals surface area contributed by atoms with Gasteiger partial charge >= 0.3 is 5.71 Å². The van der Waals surface area contributed by atoms with Gasteiger partial charge in [0.25, 0.3) is 6.72 Å². The molecule has 0 aromatic heterocycles. The Morgan fingerprint density at radius 3 is 2.40 bits per heavy atom. The largest absolute Gasteiger partial charge is 0.307 e.